The number of nitrogens with zero attached hydrogens (tertiary/aromatic N) is 1. The number of fused-ring (bicyclic) bond motifs is 1. The van der Waals surface area contributed by atoms with Gasteiger partial charge in [0.15, 0.2) is 12.4 Å². The smallest absolute Gasteiger partial charge is 0.260 e. The summed E-state index contributed by atoms with van der Waals surface area (Å²) in [5, 5.41) is 0. The molecule has 0 spiro atoms. The van der Waals surface area contributed by atoms with Crippen LogP contribution in [-0.4, -0.2) is 36.3 Å². The molecule has 4 nitrogen and oxygen atoms in total. The van der Waals surface area contributed by atoms with Crippen molar-refractivity contribution in [2.75, 3.05) is 13.7 Å². The Kier molecular flexibility index (Phi) is 4.46. The molecule has 0 aliphatic heterocycles. The van der Waals surface area contributed by atoms with Gasteiger partial charge >= 0.3 is 0 Å². The minimum atomic E-state index is 0.0221. The summed E-state index contributed by atoms with van der Waals surface area (Å²) < 4.78 is 5.73. The Morgan fingerprint density at radius 1 is 1.23 bits per heavy atom. The molecule has 4 heteroatoms. The summed E-state index contributed by atoms with van der Waals surface area (Å²) in [5.74, 6) is 0.883. The van der Waals surface area contributed by atoms with Crippen molar-refractivity contribution in [1.29, 1.82) is 0 Å². The molecule has 1 saturated carbocycles. The molecular weight excluding hydrogens is 278 g/mol. The summed E-state index contributed by atoms with van der Waals surface area (Å²) in [6.07, 6.45) is 7.14. The Morgan fingerprint density at radius 3 is 2.77 bits per heavy atom. The van der Waals surface area contributed by atoms with Gasteiger partial charge < -0.3 is 9.64 Å². The van der Waals surface area contributed by atoms with Gasteiger partial charge in [-0.15, -0.1) is 0 Å². The third kappa shape index (κ3) is 3.01. The van der Waals surface area contributed by atoms with Crippen LogP contribution in [0.5, 0.6) is 5.75 Å². The summed E-state index contributed by atoms with van der Waals surface area (Å²) >= 11 is 0. The van der Waals surface area contributed by atoms with E-state index in [9.17, 15) is 9.59 Å². The normalized spacial score (nSPS) is 18.1. The van der Waals surface area contributed by atoms with Gasteiger partial charge in [-0.2, -0.15) is 0 Å². The van der Waals surface area contributed by atoms with Crippen LogP contribution in [0.25, 0.3) is 0 Å². The van der Waals surface area contributed by atoms with E-state index in [0.29, 0.717) is 18.2 Å². The summed E-state index contributed by atoms with van der Waals surface area (Å²) in [7, 11) is 1.88. The van der Waals surface area contributed by atoms with Gasteiger partial charge in [-0.1, -0.05) is 31.4 Å². The van der Waals surface area contributed by atoms with E-state index in [4.69, 9.17) is 4.74 Å². The first-order valence-corrected chi connectivity index (χ1v) is 8.20. The molecule has 0 bridgehead atoms. The summed E-state index contributed by atoms with van der Waals surface area (Å²) in [5.41, 5.74) is 1.71. The van der Waals surface area contributed by atoms with Crippen LogP contribution in [0, 0.1) is 0 Å². The van der Waals surface area contributed by atoms with Crippen molar-refractivity contribution in [3.05, 3.63) is 29.3 Å². The van der Waals surface area contributed by atoms with Crippen LogP contribution in [0.15, 0.2) is 18.2 Å². The molecule has 118 valence electrons. The molecule has 0 atom stereocenters. The molecule has 0 unspecified atom stereocenters. The molecule has 1 aromatic carbocycles. The molecule has 0 aromatic heterocycles. The van der Waals surface area contributed by atoms with Crippen LogP contribution < -0.4 is 4.74 Å². The van der Waals surface area contributed by atoms with Crippen LogP contribution in [0.3, 0.4) is 0 Å². The lowest BCUT2D eigenvalue weighted by Gasteiger charge is -2.31. The fourth-order valence-corrected chi connectivity index (χ4v) is 3.51. The molecule has 2 aliphatic carbocycles. The molecule has 1 fully saturated rings. The first-order chi connectivity index (χ1) is 10.7. The number of benzene rings is 1. The summed E-state index contributed by atoms with van der Waals surface area (Å²) in [6.45, 7) is 0.0532. The largest absolute Gasteiger partial charge is 0.483 e. The van der Waals surface area contributed by atoms with Gasteiger partial charge in [0.25, 0.3) is 5.91 Å². The van der Waals surface area contributed by atoms with E-state index >= 15 is 0 Å². The molecule has 0 saturated heterocycles. The number of carbonyl (C=O) groups is 2. The van der Waals surface area contributed by atoms with Crippen LogP contribution in [0.1, 0.15) is 54.4 Å². The van der Waals surface area contributed by atoms with Gasteiger partial charge in [0.05, 0.1) is 0 Å². The monoisotopic (exact) mass is 301 g/mol. The molecule has 0 heterocycles. The molecule has 1 amide bonds. The highest BCUT2D eigenvalue weighted by atomic mass is 16.5. The molecular formula is C18H23NO3. The number of carbonyl (C=O) groups excluding carboxylic acids is 2. The summed E-state index contributed by atoms with van der Waals surface area (Å²) in [4.78, 5) is 25.9. The van der Waals surface area contributed by atoms with E-state index in [1.54, 1.807) is 0 Å². The second kappa shape index (κ2) is 6.51. The van der Waals surface area contributed by atoms with E-state index in [2.05, 4.69) is 0 Å². The summed E-state index contributed by atoms with van der Waals surface area (Å²) in [6, 6.07) is 5.87. The van der Waals surface area contributed by atoms with E-state index in [1.165, 1.54) is 19.3 Å². The predicted octanol–water partition coefficient (Wildman–Crippen LogP) is 2.99. The Morgan fingerprint density at radius 2 is 2.00 bits per heavy atom. The molecule has 3 rings (SSSR count). The SMILES string of the molecule is CN(C(=O)COc1cccc2c1CCC2=O)C1CCCCC1. The highest BCUT2D eigenvalue weighted by Crippen LogP contribution is 2.30. The molecule has 0 radical (unpaired) electrons. The van der Waals surface area contributed by atoms with Gasteiger partial charge in [-0.25, -0.2) is 0 Å². The zero-order chi connectivity index (χ0) is 15.5. The average molecular weight is 301 g/mol. The Labute approximate surface area is 131 Å². The van der Waals surface area contributed by atoms with Gasteiger partial charge in [-0.3, -0.25) is 9.59 Å². The number of hydrogen-bond donors (Lipinski definition) is 0. The number of Topliss-reactive ketones (excluding diaryl/α,β-unsaturated/α-hetero) is 1. The van der Waals surface area contributed by atoms with E-state index in [0.717, 1.165) is 30.4 Å². The van der Waals surface area contributed by atoms with Crippen LogP contribution in [0.2, 0.25) is 0 Å². The zero-order valence-corrected chi connectivity index (χ0v) is 13.1. The fraction of sp³-hybridized carbons (Fsp3) is 0.556. The Hall–Kier alpha value is -1.84. The van der Waals surface area contributed by atoms with Crippen molar-refractivity contribution in [2.45, 2.75) is 51.0 Å². The molecule has 22 heavy (non-hydrogen) atoms. The van der Waals surface area contributed by atoms with E-state index in [1.807, 2.05) is 30.1 Å². The van der Waals surface area contributed by atoms with Crippen molar-refractivity contribution < 1.29 is 14.3 Å². The Balaban J connectivity index is 1.61. The maximum absolute atomic E-state index is 12.3. The van der Waals surface area contributed by atoms with Gasteiger partial charge in [-0.05, 0) is 25.3 Å². The van der Waals surface area contributed by atoms with Crippen LogP contribution in [-0.2, 0) is 11.2 Å². The minimum Gasteiger partial charge on any atom is -0.483 e. The average Bonchev–Trinajstić information content (AvgIpc) is 2.95. The van der Waals surface area contributed by atoms with Crippen molar-refractivity contribution in [3.63, 3.8) is 0 Å². The number of amides is 1. The lowest BCUT2D eigenvalue weighted by atomic mass is 9.94. The maximum Gasteiger partial charge on any atom is 0.260 e. The second-order valence-electron chi connectivity index (χ2n) is 6.29. The van der Waals surface area contributed by atoms with Crippen molar-refractivity contribution in [1.82, 2.24) is 4.90 Å². The van der Waals surface area contributed by atoms with Crippen LogP contribution >= 0.6 is 0 Å². The minimum absolute atomic E-state index is 0.0221. The fourth-order valence-electron chi connectivity index (χ4n) is 3.51. The highest BCUT2D eigenvalue weighted by Gasteiger charge is 2.25. The van der Waals surface area contributed by atoms with Gasteiger partial charge in [0.2, 0.25) is 0 Å². The third-order valence-corrected chi connectivity index (χ3v) is 4.90. The molecule has 0 N–H and O–H groups in total. The molecule has 2 aliphatic rings. The molecule has 1 aromatic rings. The quantitative estimate of drug-likeness (QED) is 0.859. The first kappa shape index (κ1) is 15.1. The topological polar surface area (TPSA) is 46.6 Å². The number of rotatable bonds is 4. The lowest BCUT2D eigenvalue weighted by Crippen LogP contribution is -2.40. The standard InChI is InChI=1S/C18H23NO3/c1-19(13-6-3-2-4-7-13)18(21)12-22-17-9-5-8-14-15(17)10-11-16(14)20/h5,8-9,13H,2-4,6-7,10-12H2,1H3. The maximum atomic E-state index is 12.3. The predicted molar refractivity (Wildman–Crippen MR) is 84.2 cm³/mol. The van der Waals surface area contributed by atoms with E-state index < -0.39 is 0 Å². The number of likely N-dealkylation sites (N-methyl/N-ethyl adjacent to an activating group) is 1. The van der Waals surface area contributed by atoms with Gasteiger partial charge in [0.1, 0.15) is 5.75 Å². The lowest BCUT2D eigenvalue weighted by molar-refractivity contribution is -0.134. The van der Waals surface area contributed by atoms with Crippen molar-refractivity contribution >= 4 is 11.7 Å². The van der Waals surface area contributed by atoms with Crippen molar-refractivity contribution in [2.24, 2.45) is 0 Å². The Bertz CT molecular complexity index is 576. The highest BCUT2D eigenvalue weighted by molar-refractivity contribution is 6.01. The first-order valence-electron chi connectivity index (χ1n) is 8.20. The van der Waals surface area contributed by atoms with E-state index in [-0.39, 0.29) is 18.3 Å². The second-order valence-corrected chi connectivity index (χ2v) is 6.29. The van der Waals surface area contributed by atoms with Crippen molar-refractivity contribution in [3.8, 4) is 5.75 Å². The number of hydrogen-bond acceptors (Lipinski definition) is 3. The van der Waals surface area contributed by atoms with Gasteiger partial charge in [0, 0.05) is 30.6 Å². The third-order valence-electron chi connectivity index (χ3n) is 4.90. The zero-order valence-electron chi connectivity index (χ0n) is 13.1. The number of ketones is 1. The number of ether oxygens (including phenoxy) is 1. The van der Waals surface area contributed by atoms with Crippen LogP contribution in [0.4, 0.5) is 0 Å².